The molecule has 1 saturated carbocycles. The summed E-state index contributed by atoms with van der Waals surface area (Å²) < 4.78 is 14.4. The van der Waals surface area contributed by atoms with E-state index in [2.05, 4.69) is 56.3 Å². The van der Waals surface area contributed by atoms with Crippen LogP contribution < -0.4 is 0 Å². The fraction of sp³-hybridized carbons (Fsp3) is 0.600. The van der Waals surface area contributed by atoms with Gasteiger partial charge in [0.1, 0.15) is 6.17 Å². The monoisotopic (exact) mass is 448 g/mol. The predicted octanol–water partition coefficient (Wildman–Crippen LogP) is 8.96. The quantitative estimate of drug-likeness (QED) is 0.304. The van der Waals surface area contributed by atoms with Crippen LogP contribution in [-0.4, -0.2) is 11.2 Å². The van der Waals surface area contributed by atoms with E-state index in [1.807, 2.05) is 6.20 Å². The molecular weight excluding hydrogens is 407 g/mol. The van der Waals surface area contributed by atoms with Crippen LogP contribution in [0.2, 0.25) is 0 Å². The summed E-state index contributed by atoms with van der Waals surface area (Å²) in [5.41, 5.74) is 4.36. The van der Waals surface area contributed by atoms with E-state index in [1.54, 1.807) is 0 Å². The third kappa shape index (κ3) is 7.39. The summed E-state index contributed by atoms with van der Waals surface area (Å²) in [5.74, 6) is 0.465. The van der Waals surface area contributed by atoms with Crippen molar-refractivity contribution in [1.82, 2.24) is 4.98 Å². The summed E-state index contributed by atoms with van der Waals surface area (Å²) in [6.07, 6.45) is 13.9. The smallest absolute Gasteiger partial charge is 0.102 e. The number of hydrogen-bond donors (Lipinski definition) is 0. The van der Waals surface area contributed by atoms with Crippen LogP contribution in [0.15, 0.2) is 42.6 Å². The fourth-order valence-electron chi connectivity index (χ4n) is 5.24. The molecule has 0 spiro atoms. The van der Waals surface area contributed by atoms with Crippen molar-refractivity contribution in [2.24, 2.45) is 5.41 Å². The van der Waals surface area contributed by atoms with Crippen LogP contribution in [0.4, 0.5) is 4.39 Å². The summed E-state index contributed by atoms with van der Waals surface area (Å²) in [7, 11) is 0. The Labute approximate surface area is 200 Å². The molecule has 2 aromatic rings. The number of nitrogens with zero attached hydrogens (tertiary/aromatic N) is 2. The summed E-state index contributed by atoms with van der Waals surface area (Å²) in [5, 5.41) is 9.80. The molecule has 1 atom stereocenters. The number of hydrogen-bond acceptors (Lipinski definition) is 2. The van der Waals surface area contributed by atoms with Crippen molar-refractivity contribution in [3.05, 3.63) is 53.7 Å². The van der Waals surface area contributed by atoms with Gasteiger partial charge in [-0.15, -0.1) is 0 Å². The first-order chi connectivity index (χ1) is 16.1. The molecule has 0 unspecified atom stereocenters. The molecule has 0 amide bonds. The molecule has 2 nitrogen and oxygen atoms in total. The van der Waals surface area contributed by atoms with E-state index in [-0.39, 0.29) is 0 Å². The van der Waals surface area contributed by atoms with Gasteiger partial charge in [-0.05, 0) is 74.5 Å². The molecule has 3 heteroatoms. The number of unbranched alkanes of at least 4 members (excludes halogenated alkanes) is 4. The summed E-state index contributed by atoms with van der Waals surface area (Å²) in [6, 6.07) is 15.6. The van der Waals surface area contributed by atoms with Crippen LogP contribution in [0.1, 0.15) is 108 Å². The van der Waals surface area contributed by atoms with E-state index < -0.39 is 11.6 Å². The minimum absolute atomic E-state index is 0.412. The molecule has 0 N–H and O–H groups in total. The van der Waals surface area contributed by atoms with E-state index in [1.165, 1.54) is 36.8 Å². The van der Waals surface area contributed by atoms with Crippen LogP contribution in [0.5, 0.6) is 0 Å². The Bertz CT molecular complexity index is 858. The van der Waals surface area contributed by atoms with Crippen molar-refractivity contribution in [1.29, 1.82) is 5.26 Å². The maximum atomic E-state index is 14.4. The second kappa shape index (κ2) is 12.9. The summed E-state index contributed by atoms with van der Waals surface area (Å²) in [6.45, 7) is 4.33. The third-order valence-electron chi connectivity index (χ3n) is 7.48. The molecule has 1 aromatic heterocycles. The van der Waals surface area contributed by atoms with E-state index in [9.17, 15) is 9.65 Å². The van der Waals surface area contributed by atoms with Crippen molar-refractivity contribution in [2.75, 3.05) is 0 Å². The van der Waals surface area contributed by atoms with Gasteiger partial charge in [-0.25, -0.2) is 4.39 Å². The molecule has 1 fully saturated rings. The van der Waals surface area contributed by atoms with Gasteiger partial charge in [0.15, 0.2) is 0 Å². The zero-order valence-corrected chi connectivity index (χ0v) is 20.7. The second-order valence-corrected chi connectivity index (χ2v) is 10.1. The number of pyridine rings is 1. The average molecular weight is 449 g/mol. The van der Waals surface area contributed by atoms with Gasteiger partial charge >= 0.3 is 0 Å². The highest BCUT2D eigenvalue weighted by atomic mass is 19.1. The molecule has 33 heavy (non-hydrogen) atoms. The van der Waals surface area contributed by atoms with Crippen LogP contribution in [0.3, 0.4) is 0 Å². The van der Waals surface area contributed by atoms with Crippen molar-refractivity contribution < 1.29 is 4.39 Å². The van der Waals surface area contributed by atoms with Gasteiger partial charge in [0.2, 0.25) is 0 Å². The number of rotatable bonds is 12. The van der Waals surface area contributed by atoms with E-state index in [0.717, 1.165) is 56.2 Å². The van der Waals surface area contributed by atoms with Crippen LogP contribution in [0, 0.1) is 16.7 Å². The number of halogens is 1. The molecule has 0 aliphatic heterocycles. The van der Waals surface area contributed by atoms with Crippen molar-refractivity contribution in [2.45, 2.75) is 109 Å². The number of aromatic nitrogens is 1. The highest BCUT2D eigenvalue weighted by molar-refractivity contribution is 5.59. The van der Waals surface area contributed by atoms with Crippen LogP contribution in [-0.2, 0) is 6.42 Å². The van der Waals surface area contributed by atoms with Crippen LogP contribution in [0.25, 0.3) is 11.3 Å². The average Bonchev–Trinajstić information content (AvgIpc) is 2.86. The first-order valence-electron chi connectivity index (χ1n) is 13.2. The normalized spacial score (nSPS) is 21.5. The first kappa shape index (κ1) is 25.4. The zero-order chi connectivity index (χ0) is 23.5. The van der Waals surface area contributed by atoms with Crippen molar-refractivity contribution in [3.63, 3.8) is 0 Å². The highest BCUT2D eigenvalue weighted by Crippen LogP contribution is 2.46. The Balaban J connectivity index is 1.54. The third-order valence-corrected chi connectivity index (χ3v) is 7.48. The molecule has 178 valence electrons. The lowest BCUT2D eigenvalue weighted by Gasteiger charge is -2.36. The molecule has 1 aliphatic carbocycles. The number of benzene rings is 1. The standard InChI is InChI=1S/C30H41FN2/c1-3-5-7-8-9-24-11-16-29(33-22-24)27-14-12-25(13-15-27)26-17-19-30(23-32,20-18-26)21-28(31)10-6-4-2/h11-16,22,26,28H,3-10,17-21H2,1-2H3/t26-,28-,30-/m0/s1. The van der Waals surface area contributed by atoms with E-state index in [0.29, 0.717) is 18.8 Å². The minimum Gasteiger partial charge on any atom is -0.256 e. The SMILES string of the molecule is CCCCCCc1ccc(-c2ccc([C@H]3CC[C@@](C#N)(C[C@@H](F)CCCC)CC3)cc2)nc1. The maximum absolute atomic E-state index is 14.4. The molecule has 1 aromatic carbocycles. The Morgan fingerprint density at radius 2 is 1.73 bits per heavy atom. The van der Waals surface area contributed by atoms with Crippen molar-refractivity contribution >= 4 is 0 Å². The lowest BCUT2D eigenvalue weighted by molar-refractivity contribution is 0.158. The van der Waals surface area contributed by atoms with Gasteiger partial charge in [0.05, 0.1) is 17.2 Å². The van der Waals surface area contributed by atoms with Gasteiger partial charge in [-0.2, -0.15) is 5.26 Å². The lowest BCUT2D eigenvalue weighted by atomic mass is 9.67. The van der Waals surface area contributed by atoms with Gasteiger partial charge in [0, 0.05) is 11.8 Å². The molecular formula is C30H41FN2. The van der Waals surface area contributed by atoms with E-state index in [4.69, 9.17) is 4.98 Å². The second-order valence-electron chi connectivity index (χ2n) is 10.1. The molecule has 0 bridgehead atoms. The predicted molar refractivity (Wildman–Crippen MR) is 136 cm³/mol. The summed E-state index contributed by atoms with van der Waals surface area (Å²) in [4.78, 5) is 4.70. The van der Waals surface area contributed by atoms with E-state index >= 15 is 0 Å². The first-order valence-corrected chi connectivity index (χ1v) is 13.2. The highest BCUT2D eigenvalue weighted by Gasteiger charge is 2.37. The summed E-state index contributed by atoms with van der Waals surface area (Å²) >= 11 is 0. The topological polar surface area (TPSA) is 36.7 Å². The van der Waals surface area contributed by atoms with Gasteiger partial charge in [0.25, 0.3) is 0 Å². The Morgan fingerprint density at radius 3 is 2.33 bits per heavy atom. The minimum atomic E-state index is -0.837. The number of alkyl halides is 1. The Morgan fingerprint density at radius 1 is 1.00 bits per heavy atom. The zero-order valence-electron chi connectivity index (χ0n) is 20.7. The Kier molecular flexibility index (Phi) is 9.92. The molecule has 1 aliphatic rings. The Hall–Kier alpha value is -2.21. The van der Waals surface area contributed by atoms with Crippen molar-refractivity contribution in [3.8, 4) is 17.3 Å². The van der Waals surface area contributed by atoms with Gasteiger partial charge < -0.3 is 0 Å². The van der Waals surface area contributed by atoms with Gasteiger partial charge in [-0.3, -0.25) is 4.98 Å². The number of aryl methyl sites for hydroxylation is 1. The van der Waals surface area contributed by atoms with Crippen LogP contribution >= 0.6 is 0 Å². The van der Waals surface area contributed by atoms with Gasteiger partial charge in [-0.1, -0.05) is 76.3 Å². The molecule has 0 radical (unpaired) electrons. The lowest BCUT2D eigenvalue weighted by Crippen LogP contribution is -2.28. The molecule has 0 saturated heterocycles. The fourth-order valence-corrected chi connectivity index (χ4v) is 5.24. The molecule has 3 rings (SSSR count). The number of nitriles is 1. The maximum Gasteiger partial charge on any atom is 0.102 e. The largest absolute Gasteiger partial charge is 0.256 e. The molecule has 1 heterocycles.